The Kier molecular flexibility index (Phi) is 3.73. The predicted octanol–water partition coefficient (Wildman–Crippen LogP) is 2.47. The molecule has 1 aliphatic rings. The zero-order valence-electron chi connectivity index (χ0n) is 10.1. The molecule has 96 valence electrons. The summed E-state index contributed by atoms with van der Waals surface area (Å²) in [5.74, 6) is 0.0370. The van der Waals surface area contributed by atoms with Crippen molar-refractivity contribution < 1.29 is 4.79 Å². The zero-order chi connectivity index (χ0) is 13.3. The molecule has 1 aromatic carbocycles. The molecule has 0 spiro atoms. The van der Waals surface area contributed by atoms with Gasteiger partial charge in [0.1, 0.15) is 0 Å². The van der Waals surface area contributed by atoms with Crippen LogP contribution < -0.4 is 5.73 Å². The van der Waals surface area contributed by atoms with Crippen molar-refractivity contribution in [3.63, 3.8) is 0 Å². The maximum Gasteiger partial charge on any atom is 0.235 e. The number of nitrogens with zero attached hydrogens (tertiary/aromatic N) is 1. The molecule has 0 bridgehead atoms. The van der Waals surface area contributed by atoms with E-state index in [2.05, 4.69) is 15.9 Å². The maximum atomic E-state index is 12.3. The van der Waals surface area contributed by atoms with E-state index in [1.165, 1.54) is 0 Å². The van der Waals surface area contributed by atoms with E-state index in [1.54, 1.807) is 11.9 Å². The average molecular weight is 327 g/mol. The maximum absolute atomic E-state index is 12.3. The molecular formula is C13H15BrN2OS. The fourth-order valence-electron chi connectivity index (χ4n) is 2.04. The van der Waals surface area contributed by atoms with Crippen molar-refractivity contribution in [2.24, 2.45) is 11.1 Å². The van der Waals surface area contributed by atoms with Crippen LogP contribution in [-0.2, 0) is 11.3 Å². The summed E-state index contributed by atoms with van der Waals surface area (Å²) in [4.78, 5) is 14.3. The van der Waals surface area contributed by atoms with E-state index >= 15 is 0 Å². The summed E-state index contributed by atoms with van der Waals surface area (Å²) in [7, 11) is 1.79. The lowest BCUT2D eigenvalue weighted by atomic mass is 10.1. The minimum absolute atomic E-state index is 0.0370. The zero-order valence-corrected chi connectivity index (χ0v) is 12.6. The van der Waals surface area contributed by atoms with Crippen LogP contribution in [0.15, 0.2) is 28.7 Å². The summed E-state index contributed by atoms with van der Waals surface area (Å²) in [5, 5.41) is 0. The smallest absolute Gasteiger partial charge is 0.235 e. The minimum Gasteiger partial charge on any atom is -0.392 e. The molecule has 1 saturated carbocycles. The van der Waals surface area contributed by atoms with Crippen molar-refractivity contribution in [1.82, 2.24) is 4.90 Å². The number of benzene rings is 1. The monoisotopic (exact) mass is 326 g/mol. The van der Waals surface area contributed by atoms with Gasteiger partial charge in [-0.1, -0.05) is 40.3 Å². The van der Waals surface area contributed by atoms with Gasteiger partial charge in [-0.25, -0.2) is 0 Å². The Hall–Kier alpha value is -0.940. The Morgan fingerprint density at radius 3 is 2.72 bits per heavy atom. The molecule has 0 atom stereocenters. The third kappa shape index (κ3) is 2.57. The van der Waals surface area contributed by atoms with E-state index in [4.69, 9.17) is 18.0 Å². The molecule has 1 amide bonds. The number of rotatable bonds is 4. The highest BCUT2D eigenvalue weighted by atomic mass is 79.9. The molecule has 0 saturated heterocycles. The molecule has 0 aliphatic heterocycles. The second-order valence-corrected chi connectivity index (χ2v) is 6.09. The highest BCUT2D eigenvalue weighted by molar-refractivity contribution is 9.10. The second kappa shape index (κ2) is 4.97. The van der Waals surface area contributed by atoms with Crippen LogP contribution in [0.25, 0.3) is 0 Å². The van der Waals surface area contributed by atoms with Crippen molar-refractivity contribution in [1.29, 1.82) is 0 Å². The van der Waals surface area contributed by atoms with Gasteiger partial charge < -0.3 is 10.6 Å². The van der Waals surface area contributed by atoms with Crippen LogP contribution in [0, 0.1) is 5.41 Å². The SMILES string of the molecule is CN(Cc1cccc(Br)c1)C(=O)C1(C(N)=S)CC1. The lowest BCUT2D eigenvalue weighted by molar-refractivity contribution is -0.133. The Bertz CT molecular complexity index is 500. The molecule has 0 heterocycles. The number of hydrogen-bond donors (Lipinski definition) is 1. The van der Waals surface area contributed by atoms with Gasteiger partial charge in [0.2, 0.25) is 5.91 Å². The second-order valence-electron chi connectivity index (χ2n) is 4.74. The summed E-state index contributed by atoms with van der Waals surface area (Å²) >= 11 is 8.42. The van der Waals surface area contributed by atoms with Crippen LogP contribution in [0.1, 0.15) is 18.4 Å². The number of halogens is 1. The van der Waals surface area contributed by atoms with Gasteiger partial charge in [-0.3, -0.25) is 4.79 Å². The molecule has 18 heavy (non-hydrogen) atoms. The first-order chi connectivity index (χ1) is 8.45. The van der Waals surface area contributed by atoms with E-state index < -0.39 is 5.41 Å². The van der Waals surface area contributed by atoms with Gasteiger partial charge in [0, 0.05) is 18.1 Å². The van der Waals surface area contributed by atoms with E-state index in [0.29, 0.717) is 11.5 Å². The number of amides is 1. The molecular weight excluding hydrogens is 312 g/mol. The Morgan fingerprint density at radius 1 is 1.56 bits per heavy atom. The van der Waals surface area contributed by atoms with Gasteiger partial charge in [-0.2, -0.15) is 0 Å². The highest BCUT2D eigenvalue weighted by Crippen LogP contribution is 2.47. The summed E-state index contributed by atoms with van der Waals surface area (Å²) in [6.45, 7) is 0.572. The Balaban J connectivity index is 2.07. The minimum atomic E-state index is -0.559. The average Bonchev–Trinajstić information content (AvgIpc) is 3.09. The molecule has 3 nitrogen and oxygen atoms in total. The van der Waals surface area contributed by atoms with Crippen LogP contribution in [0.5, 0.6) is 0 Å². The van der Waals surface area contributed by atoms with Gasteiger partial charge in [0.05, 0.1) is 10.4 Å². The summed E-state index contributed by atoms with van der Waals surface area (Å²) < 4.78 is 1.01. The number of hydrogen-bond acceptors (Lipinski definition) is 2. The van der Waals surface area contributed by atoms with Gasteiger partial charge in [-0.15, -0.1) is 0 Å². The summed E-state index contributed by atoms with van der Waals surface area (Å²) in [5.41, 5.74) is 6.19. The molecule has 5 heteroatoms. The lowest BCUT2D eigenvalue weighted by Gasteiger charge is -2.23. The fourth-order valence-corrected chi connectivity index (χ4v) is 2.78. The lowest BCUT2D eigenvalue weighted by Crippen LogP contribution is -2.40. The van der Waals surface area contributed by atoms with Crippen LogP contribution in [0.3, 0.4) is 0 Å². The molecule has 0 aromatic heterocycles. The van der Waals surface area contributed by atoms with Crippen LogP contribution in [0.2, 0.25) is 0 Å². The predicted molar refractivity (Wildman–Crippen MR) is 79.1 cm³/mol. The molecule has 2 rings (SSSR count). The largest absolute Gasteiger partial charge is 0.392 e. The first-order valence-corrected chi connectivity index (χ1v) is 6.96. The van der Waals surface area contributed by atoms with Crippen molar-refractivity contribution in [2.45, 2.75) is 19.4 Å². The number of nitrogens with two attached hydrogens (primary N) is 1. The van der Waals surface area contributed by atoms with E-state index in [1.807, 2.05) is 24.3 Å². The molecule has 0 radical (unpaired) electrons. The van der Waals surface area contributed by atoms with E-state index in [0.717, 1.165) is 22.9 Å². The number of carbonyl (C=O) groups is 1. The van der Waals surface area contributed by atoms with Crippen molar-refractivity contribution in [3.8, 4) is 0 Å². The Morgan fingerprint density at radius 2 is 2.22 bits per heavy atom. The quantitative estimate of drug-likeness (QED) is 0.864. The normalized spacial score (nSPS) is 16.1. The standard InChI is InChI=1S/C13H15BrN2OS/c1-16(8-9-3-2-4-10(14)7-9)12(17)13(5-6-13)11(15)18/h2-4,7H,5-6,8H2,1H3,(H2,15,18). The summed E-state index contributed by atoms with van der Waals surface area (Å²) in [6, 6.07) is 7.92. The van der Waals surface area contributed by atoms with E-state index in [-0.39, 0.29) is 5.91 Å². The van der Waals surface area contributed by atoms with Crippen molar-refractivity contribution in [3.05, 3.63) is 34.3 Å². The van der Waals surface area contributed by atoms with Crippen molar-refractivity contribution >= 4 is 39.0 Å². The third-order valence-electron chi connectivity index (χ3n) is 3.29. The molecule has 1 fully saturated rings. The molecule has 1 aromatic rings. The Labute approximate surface area is 120 Å². The first kappa shape index (κ1) is 13.5. The highest BCUT2D eigenvalue weighted by Gasteiger charge is 2.53. The van der Waals surface area contributed by atoms with Crippen molar-refractivity contribution in [2.75, 3.05) is 7.05 Å². The molecule has 2 N–H and O–H groups in total. The van der Waals surface area contributed by atoms with Crippen LogP contribution in [-0.4, -0.2) is 22.8 Å². The molecule has 0 unspecified atom stereocenters. The van der Waals surface area contributed by atoms with Crippen LogP contribution in [0.4, 0.5) is 0 Å². The molecule has 1 aliphatic carbocycles. The van der Waals surface area contributed by atoms with Gasteiger partial charge in [0.25, 0.3) is 0 Å². The topological polar surface area (TPSA) is 46.3 Å². The van der Waals surface area contributed by atoms with Crippen LogP contribution >= 0.6 is 28.1 Å². The fraction of sp³-hybridized carbons (Fsp3) is 0.385. The third-order valence-corrected chi connectivity index (χ3v) is 4.17. The number of carbonyl (C=O) groups excluding carboxylic acids is 1. The first-order valence-electron chi connectivity index (χ1n) is 5.75. The van der Waals surface area contributed by atoms with E-state index in [9.17, 15) is 4.79 Å². The number of thiocarbonyl (C=S) groups is 1. The van der Waals surface area contributed by atoms with Gasteiger partial charge in [0.15, 0.2) is 0 Å². The van der Waals surface area contributed by atoms with Gasteiger partial charge >= 0.3 is 0 Å². The van der Waals surface area contributed by atoms with Gasteiger partial charge in [-0.05, 0) is 30.5 Å². The summed E-state index contributed by atoms with van der Waals surface area (Å²) in [6.07, 6.45) is 1.56.